The molecule has 0 aliphatic heterocycles. The molecule has 0 atom stereocenters. The van der Waals surface area contributed by atoms with E-state index in [1.54, 1.807) is 11.8 Å². The molecule has 0 saturated carbocycles. The standard InChI is InChI=1S/C24H32N2O6/c1-4-31-24(29)13-12-22(27)25(14-15-30-3)18-23(28)26(16-20-8-6-5-7-9-20)17-21-11-10-19(2)32-21/h5-11H,4,12-18H2,1-3H3. The fraction of sp³-hybridized carbons (Fsp3) is 0.458. The van der Waals surface area contributed by atoms with Crippen molar-refractivity contribution < 1.29 is 28.3 Å². The highest BCUT2D eigenvalue weighted by Gasteiger charge is 2.23. The first-order valence-corrected chi connectivity index (χ1v) is 10.7. The van der Waals surface area contributed by atoms with Gasteiger partial charge in [0.2, 0.25) is 11.8 Å². The van der Waals surface area contributed by atoms with Gasteiger partial charge in [-0.05, 0) is 31.5 Å². The Bertz CT molecular complexity index is 864. The Morgan fingerprint density at radius 1 is 0.938 bits per heavy atom. The van der Waals surface area contributed by atoms with E-state index < -0.39 is 5.97 Å². The van der Waals surface area contributed by atoms with Gasteiger partial charge >= 0.3 is 5.97 Å². The molecule has 174 valence electrons. The normalized spacial score (nSPS) is 10.6. The van der Waals surface area contributed by atoms with Gasteiger partial charge in [-0.3, -0.25) is 14.4 Å². The molecule has 0 fully saturated rings. The van der Waals surface area contributed by atoms with Gasteiger partial charge in [-0.25, -0.2) is 0 Å². The van der Waals surface area contributed by atoms with E-state index in [9.17, 15) is 14.4 Å². The van der Waals surface area contributed by atoms with Gasteiger partial charge < -0.3 is 23.7 Å². The molecule has 1 aromatic carbocycles. The molecule has 1 aromatic heterocycles. The average Bonchev–Trinajstić information content (AvgIpc) is 3.19. The van der Waals surface area contributed by atoms with E-state index in [1.165, 1.54) is 12.0 Å². The number of nitrogens with zero attached hydrogens (tertiary/aromatic N) is 2. The number of amides is 2. The summed E-state index contributed by atoms with van der Waals surface area (Å²) in [5.41, 5.74) is 0.973. The van der Waals surface area contributed by atoms with Crippen molar-refractivity contribution in [1.82, 2.24) is 9.80 Å². The molecule has 0 radical (unpaired) electrons. The average molecular weight is 445 g/mol. The minimum atomic E-state index is -0.433. The zero-order chi connectivity index (χ0) is 23.3. The Hall–Kier alpha value is -3.13. The van der Waals surface area contributed by atoms with Gasteiger partial charge in [-0.1, -0.05) is 30.3 Å². The van der Waals surface area contributed by atoms with E-state index in [4.69, 9.17) is 13.9 Å². The van der Waals surface area contributed by atoms with Crippen LogP contribution in [0.1, 0.15) is 36.8 Å². The fourth-order valence-electron chi connectivity index (χ4n) is 3.15. The number of rotatable bonds is 13. The quantitative estimate of drug-likeness (QED) is 0.442. The number of carbonyl (C=O) groups is 3. The van der Waals surface area contributed by atoms with Crippen molar-refractivity contribution in [2.45, 2.75) is 39.8 Å². The number of hydrogen-bond donors (Lipinski definition) is 0. The Morgan fingerprint density at radius 2 is 1.69 bits per heavy atom. The van der Waals surface area contributed by atoms with Crippen molar-refractivity contribution >= 4 is 17.8 Å². The summed E-state index contributed by atoms with van der Waals surface area (Å²) in [7, 11) is 1.53. The van der Waals surface area contributed by atoms with Crippen molar-refractivity contribution in [3.8, 4) is 0 Å². The summed E-state index contributed by atoms with van der Waals surface area (Å²) in [6.45, 7) is 4.92. The second-order valence-corrected chi connectivity index (χ2v) is 7.36. The zero-order valence-electron chi connectivity index (χ0n) is 19.0. The monoisotopic (exact) mass is 444 g/mol. The van der Waals surface area contributed by atoms with E-state index >= 15 is 0 Å². The molecule has 0 N–H and O–H groups in total. The predicted molar refractivity (Wildman–Crippen MR) is 118 cm³/mol. The van der Waals surface area contributed by atoms with Crippen molar-refractivity contribution in [3.05, 3.63) is 59.5 Å². The van der Waals surface area contributed by atoms with Crippen LogP contribution in [0.2, 0.25) is 0 Å². The maximum absolute atomic E-state index is 13.2. The highest BCUT2D eigenvalue weighted by molar-refractivity contribution is 5.86. The molecule has 32 heavy (non-hydrogen) atoms. The number of aryl methyl sites for hydroxylation is 1. The van der Waals surface area contributed by atoms with Crippen molar-refractivity contribution in [2.24, 2.45) is 0 Å². The lowest BCUT2D eigenvalue weighted by Gasteiger charge is -2.27. The van der Waals surface area contributed by atoms with E-state index in [-0.39, 0.29) is 57.5 Å². The van der Waals surface area contributed by atoms with Crippen LogP contribution in [0.4, 0.5) is 0 Å². The van der Waals surface area contributed by atoms with Crippen LogP contribution < -0.4 is 0 Å². The Balaban J connectivity index is 2.10. The summed E-state index contributed by atoms with van der Waals surface area (Å²) in [5.74, 6) is 0.491. The summed E-state index contributed by atoms with van der Waals surface area (Å²) < 4.78 is 15.6. The van der Waals surface area contributed by atoms with Gasteiger partial charge in [0.1, 0.15) is 11.5 Å². The van der Waals surface area contributed by atoms with Gasteiger partial charge in [0.05, 0.1) is 32.7 Å². The van der Waals surface area contributed by atoms with Crippen molar-refractivity contribution in [2.75, 3.05) is 33.4 Å². The second-order valence-electron chi connectivity index (χ2n) is 7.36. The van der Waals surface area contributed by atoms with Crippen LogP contribution >= 0.6 is 0 Å². The first kappa shape index (κ1) is 25.1. The van der Waals surface area contributed by atoms with Crippen LogP contribution in [0.15, 0.2) is 46.9 Å². The summed E-state index contributed by atoms with van der Waals surface area (Å²) in [4.78, 5) is 40.7. The maximum Gasteiger partial charge on any atom is 0.306 e. The molecule has 8 heteroatoms. The van der Waals surface area contributed by atoms with Crippen LogP contribution in [0, 0.1) is 6.92 Å². The van der Waals surface area contributed by atoms with Gasteiger partial charge in [-0.2, -0.15) is 0 Å². The van der Waals surface area contributed by atoms with Gasteiger partial charge in [0, 0.05) is 26.6 Å². The third kappa shape index (κ3) is 8.55. The van der Waals surface area contributed by atoms with E-state index in [2.05, 4.69) is 0 Å². The largest absolute Gasteiger partial charge is 0.466 e. The SMILES string of the molecule is CCOC(=O)CCC(=O)N(CCOC)CC(=O)N(Cc1ccccc1)Cc1ccc(C)o1. The molecule has 2 aromatic rings. The molecule has 0 saturated heterocycles. The van der Waals surface area contributed by atoms with Crippen molar-refractivity contribution in [1.29, 1.82) is 0 Å². The lowest BCUT2D eigenvalue weighted by Crippen LogP contribution is -2.43. The molecule has 0 unspecified atom stereocenters. The lowest BCUT2D eigenvalue weighted by molar-refractivity contribution is -0.146. The summed E-state index contributed by atoms with van der Waals surface area (Å²) in [5, 5.41) is 0. The third-order valence-corrected chi connectivity index (χ3v) is 4.80. The summed E-state index contributed by atoms with van der Waals surface area (Å²) in [6.07, 6.45) is -0.0460. The van der Waals surface area contributed by atoms with Gasteiger partial charge in [0.25, 0.3) is 0 Å². The topological polar surface area (TPSA) is 89.3 Å². The Kier molecular flexibility index (Phi) is 10.5. The van der Waals surface area contributed by atoms with Gasteiger partial charge in [0.15, 0.2) is 0 Å². The molecule has 0 bridgehead atoms. The molecular formula is C24H32N2O6. The van der Waals surface area contributed by atoms with Crippen molar-refractivity contribution in [3.63, 3.8) is 0 Å². The lowest BCUT2D eigenvalue weighted by atomic mass is 10.2. The minimum Gasteiger partial charge on any atom is -0.466 e. The van der Waals surface area contributed by atoms with Crippen LogP contribution in [-0.2, 0) is 36.9 Å². The number of furan rings is 1. The van der Waals surface area contributed by atoms with E-state index in [0.29, 0.717) is 12.3 Å². The van der Waals surface area contributed by atoms with Crippen LogP contribution in [0.5, 0.6) is 0 Å². The number of methoxy groups -OCH3 is 1. The van der Waals surface area contributed by atoms with E-state index in [1.807, 2.05) is 49.4 Å². The molecular weight excluding hydrogens is 412 g/mol. The molecule has 1 heterocycles. The molecule has 0 spiro atoms. The number of esters is 1. The molecule has 0 aliphatic carbocycles. The first-order valence-electron chi connectivity index (χ1n) is 10.7. The summed E-state index contributed by atoms with van der Waals surface area (Å²) >= 11 is 0. The number of ether oxygens (including phenoxy) is 2. The zero-order valence-corrected chi connectivity index (χ0v) is 19.0. The van der Waals surface area contributed by atoms with Gasteiger partial charge in [-0.15, -0.1) is 0 Å². The number of hydrogen-bond acceptors (Lipinski definition) is 6. The van der Waals surface area contributed by atoms with E-state index in [0.717, 1.165) is 11.3 Å². The highest BCUT2D eigenvalue weighted by Crippen LogP contribution is 2.14. The highest BCUT2D eigenvalue weighted by atomic mass is 16.5. The Labute approximate surface area is 189 Å². The fourth-order valence-corrected chi connectivity index (χ4v) is 3.15. The number of benzene rings is 1. The van der Waals surface area contributed by atoms with Crippen LogP contribution in [-0.4, -0.2) is 61.0 Å². The first-order chi connectivity index (χ1) is 15.4. The molecule has 2 rings (SSSR count). The predicted octanol–water partition coefficient (Wildman–Crippen LogP) is 2.94. The minimum absolute atomic E-state index is 0.0219. The second kappa shape index (κ2) is 13.3. The molecule has 0 aliphatic rings. The van der Waals surface area contributed by atoms with Crippen LogP contribution in [0.3, 0.4) is 0 Å². The molecule has 2 amide bonds. The van der Waals surface area contributed by atoms with Crippen LogP contribution in [0.25, 0.3) is 0 Å². The summed E-state index contributed by atoms with van der Waals surface area (Å²) in [6, 6.07) is 13.3. The Morgan fingerprint density at radius 3 is 2.31 bits per heavy atom. The number of carbonyl (C=O) groups excluding carboxylic acids is 3. The maximum atomic E-state index is 13.2. The smallest absolute Gasteiger partial charge is 0.306 e. The molecule has 8 nitrogen and oxygen atoms in total. The third-order valence-electron chi connectivity index (χ3n) is 4.80.